The van der Waals surface area contributed by atoms with Crippen molar-refractivity contribution in [1.29, 1.82) is 0 Å². The van der Waals surface area contributed by atoms with E-state index in [1.807, 2.05) is 14.0 Å². The molecule has 1 heterocycles. The highest BCUT2D eigenvalue weighted by Crippen LogP contribution is 2.20. The second-order valence-electron chi connectivity index (χ2n) is 5.71. The molecular weight excluding hydrogens is 284 g/mol. The summed E-state index contributed by atoms with van der Waals surface area (Å²) in [5, 5.41) is 16.0. The highest BCUT2D eigenvalue weighted by atomic mass is 32.1. The lowest BCUT2D eigenvalue weighted by Crippen LogP contribution is -2.39. The molecule has 0 bridgehead atoms. The van der Waals surface area contributed by atoms with Gasteiger partial charge in [-0.25, -0.2) is 4.98 Å². The Hall–Kier alpha value is -1.14. The van der Waals surface area contributed by atoms with Gasteiger partial charge in [0.2, 0.25) is 0 Å². The molecule has 0 aromatic carbocycles. The van der Waals surface area contributed by atoms with Gasteiger partial charge in [0, 0.05) is 24.4 Å². The van der Waals surface area contributed by atoms with Gasteiger partial charge < -0.3 is 15.3 Å². The smallest absolute Gasteiger partial charge is 0.194 e. The van der Waals surface area contributed by atoms with Crippen molar-refractivity contribution in [1.82, 2.24) is 15.2 Å². The summed E-state index contributed by atoms with van der Waals surface area (Å²) in [7, 11) is 2.01. The van der Waals surface area contributed by atoms with E-state index in [1.165, 1.54) is 0 Å². The number of hydrogen-bond acceptors (Lipinski definition) is 4. The van der Waals surface area contributed by atoms with Gasteiger partial charge >= 0.3 is 0 Å². The van der Waals surface area contributed by atoms with Crippen LogP contribution < -0.4 is 5.32 Å². The fourth-order valence-corrected chi connectivity index (χ4v) is 2.41. The summed E-state index contributed by atoms with van der Waals surface area (Å²) >= 11 is 1.67. The van der Waals surface area contributed by atoms with Crippen LogP contribution in [0.4, 0.5) is 0 Å². The van der Waals surface area contributed by atoms with Crippen molar-refractivity contribution >= 4 is 17.3 Å². The van der Waals surface area contributed by atoms with Crippen LogP contribution in [-0.4, -0.2) is 47.7 Å². The van der Waals surface area contributed by atoms with Gasteiger partial charge in [0.15, 0.2) is 5.96 Å². The number of rotatable bonds is 7. The molecule has 1 rings (SSSR count). The van der Waals surface area contributed by atoms with Crippen LogP contribution >= 0.6 is 11.3 Å². The molecule has 1 aromatic heterocycles. The van der Waals surface area contributed by atoms with Crippen LogP contribution in [0.1, 0.15) is 37.9 Å². The molecular formula is C15H28N4OS. The minimum absolute atomic E-state index is 0.154. The lowest BCUT2D eigenvalue weighted by Gasteiger charge is -2.26. The van der Waals surface area contributed by atoms with Crippen LogP contribution in [0.2, 0.25) is 0 Å². The molecule has 5 nitrogen and oxygen atoms in total. The number of nitrogens with zero attached hydrogens (tertiary/aromatic N) is 3. The highest BCUT2D eigenvalue weighted by molar-refractivity contribution is 7.09. The molecule has 0 radical (unpaired) electrons. The fraction of sp³-hybridized carbons (Fsp3) is 0.733. The molecule has 0 saturated carbocycles. The Morgan fingerprint density at radius 1 is 1.52 bits per heavy atom. The van der Waals surface area contributed by atoms with Crippen LogP contribution in [0, 0.1) is 12.3 Å². The fourth-order valence-electron chi connectivity index (χ4n) is 1.81. The lowest BCUT2D eigenvalue weighted by molar-refractivity contribution is 0.145. The lowest BCUT2D eigenvalue weighted by atomic mass is 9.89. The third kappa shape index (κ3) is 5.63. The van der Waals surface area contributed by atoms with Crippen LogP contribution in [0.3, 0.4) is 0 Å². The van der Waals surface area contributed by atoms with E-state index in [1.54, 1.807) is 11.3 Å². The first-order valence-corrected chi connectivity index (χ1v) is 8.33. The number of aromatic nitrogens is 1. The van der Waals surface area contributed by atoms with Gasteiger partial charge in [-0.1, -0.05) is 13.8 Å². The maximum atomic E-state index is 9.49. The van der Waals surface area contributed by atoms with Crippen LogP contribution in [0.5, 0.6) is 0 Å². The molecule has 21 heavy (non-hydrogen) atoms. The standard InChI is InChI=1S/C15H28N4OS/c1-6-15(4,11-20)10-17-14(16-7-2)19(5)8-13-9-21-12(3)18-13/h9,20H,6-8,10-11H2,1-5H3,(H,16,17). The zero-order valence-corrected chi connectivity index (χ0v) is 14.6. The molecule has 0 amide bonds. The SMILES string of the molecule is CCNC(=NCC(C)(CC)CO)N(C)Cc1csc(C)n1. The summed E-state index contributed by atoms with van der Waals surface area (Å²) in [5.74, 6) is 0.858. The third-order valence-corrected chi connectivity index (χ3v) is 4.43. The molecule has 0 spiro atoms. The third-order valence-electron chi connectivity index (χ3n) is 3.61. The molecule has 6 heteroatoms. The van der Waals surface area contributed by atoms with Gasteiger partial charge in [-0.05, 0) is 20.3 Å². The Bertz CT molecular complexity index is 454. The second-order valence-corrected chi connectivity index (χ2v) is 6.77. The summed E-state index contributed by atoms with van der Waals surface area (Å²) in [6.07, 6.45) is 0.904. The molecule has 1 aromatic rings. The van der Waals surface area contributed by atoms with Crippen molar-refractivity contribution in [2.45, 2.75) is 40.7 Å². The van der Waals surface area contributed by atoms with E-state index in [0.717, 1.165) is 36.2 Å². The molecule has 0 fully saturated rings. The van der Waals surface area contributed by atoms with Crippen molar-refractivity contribution in [2.24, 2.45) is 10.4 Å². The minimum Gasteiger partial charge on any atom is -0.396 e. The Kier molecular flexibility index (Phi) is 7.11. The van der Waals surface area contributed by atoms with Crippen LogP contribution in [0.15, 0.2) is 10.4 Å². The van der Waals surface area contributed by atoms with Gasteiger partial charge in [-0.15, -0.1) is 11.3 Å². The Morgan fingerprint density at radius 3 is 2.71 bits per heavy atom. The number of hydrogen-bond donors (Lipinski definition) is 2. The number of aliphatic imine (C=N–C) groups is 1. The van der Waals surface area contributed by atoms with E-state index in [9.17, 15) is 5.11 Å². The first-order valence-electron chi connectivity index (χ1n) is 7.45. The van der Waals surface area contributed by atoms with Crippen molar-refractivity contribution < 1.29 is 5.11 Å². The summed E-state index contributed by atoms with van der Waals surface area (Å²) in [5.41, 5.74) is 0.907. The molecule has 2 N–H and O–H groups in total. The van der Waals surface area contributed by atoms with Gasteiger partial charge in [-0.2, -0.15) is 0 Å². The van der Waals surface area contributed by atoms with Gasteiger partial charge in [0.1, 0.15) is 0 Å². The predicted octanol–water partition coefficient (Wildman–Crippen LogP) is 2.26. The summed E-state index contributed by atoms with van der Waals surface area (Å²) in [6, 6.07) is 0. The van der Waals surface area contributed by atoms with E-state index >= 15 is 0 Å². The van der Waals surface area contributed by atoms with Crippen LogP contribution in [0.25, 0.3) is 0 Å². The van der Waals surface area contributed by atoms with Crippen molar-refractivity contribution in [2.75, 3.05) is 26.7 Å². The molecule has 0 aliphatic rings. The maximum absolute atomic E-state index is 9.49. The summed E-state index contributed by atoms with van der Waals surface area (Å²) < 4.78 is 0. The van der Waals surface area contributed by atoms with Gasteiger partial charge in [0.05, 0.1) is 30.4 Å². The Balaban J connectivity index is 2.74. The molecule has 0 saturated heterocycles. The number of nitrogens with one attached hydrogen (secondary N) is 1. The maximum Gasteiger partial charge on any atom is 0.194 e. The van der Waals surface area contributed by atoms with E-state index in [2.05, 4.69) is 46.3 Å². The number of thiazole rings is 1. The van der Waals surface area contributed by atoms with E-state index in [-0.39, 0.29) is 12.0 Å². The average Bonchev–Trinajstić information content (AvgIpc) is 2.88. The molecule has 1 unspecified atom stereocenters. The zero-order valence-electron chi connectivity index (χ0n) is 13.8. The molecule has 0 aliphatic heterocycles. The van der Waals surface area contributed by atoms with Crippen molar-refractivity contribution in [3.05, 3.63) is 16.1 Å². The van der Waals surface area contributed by atoms with Crippen LogP contribution in [-0.2, 0) is 6.54 Å². The highest BCUT2D eigenvalue weighted by Gasteiger charge is 2.21. The van der Waals surface area contributed by atoms with E-state index < -0.39 is 0 Å². The summed E-state index contributed by atoms with van der Waals surface area (Å²) in [6.45, 7) is 10.5. The molecule has 120 valence electrons. The number of aryl methyl sites for hydroxylation is 1. The number of aliphatic hydroxyl groups excluding tert-OH is 1. The van der Waals surface area contributed by atoms with Crippen molar-refractivity contribution in [3.8, 4) is 0 Å². The van der Waals surface area contributed by atoms with Gasteiger partial charge in [0.25, 0.3) is 0 Å². The Labute approximate surface area is 132 Å². The Morgan fingerprint density at radius 2 is 2.24 bits per heavy atom. The average molecular weight is 312 g/mol. The van der Waals surface area contributed by atoms with Crippen molar-refractivity contribution in [3.63, 3.8) is 0 Å². The van der Waals surface area contributed by atoms with Gasteiger partial charge in [-0.3, -0.25) is 4.99 Å². The van der Waals surface area contributed by atoms with E-state index in [0.29, 0.717) is 6.54 Å². The predicted molar refractivity (Wildman–Crippen MR) is 89.8 cm³/mol. The minimum atomic E-state index is -0.154. The van der Waals surface area contributed by atoms with E-state index in [4.69, 9.17) is 0 Å². The molecule has 0 aliphatic carbocycles. The largest absolute Gasteiger partial charge is 0.396 e. The second kappa shape index (κ2) is 8.34. The quantitative estimate of drug-likeness (QED) is 0.599. The number of aliphatic hydroxyl groups is 1. The molecule has 1 atom stereocenters. The monoisotopic (exact) mass is 312 g/mol. The first-order chi connectivity index (χ1) is 9.94. The summed E-state index contributed by atoms with van der Waals surface area (Å²) in [4.78, 5) is 11.2. The topological polar surface area (TPSA) is 60.8 Å². The first kappa shape index (κ1) is 17.9. The zero-order chi connectivity index (χ0) is 15.9. The normalized spacial score (nSPS) is 14.9. The number of guanidine groups is 1.